The number of nitrogens with one attached hydrogen (secondary N) is 3. The molecule has 1 amide bonds. The van der Waals surface area contributed by atoms with Gasteiger partial charge in [0, 0.05) is 43.7 Å². The molecule has 0 unspecified atom stereocenters. The second-order valence-electron chi connectivity index (χ2n) is 8.57. The minimum atomic E-state index is -0.160. The highest BCUT2D eigenvalue weighted by Gasteiger charge is 2.12. The Morgan fingerprint density at radius 1 is 1.15 bits per heavy atom. The SMILES string of the molecule is CC(C)N(CCNCCc1ccc(O)c2[nH]c(=O)sc12)CCC(=O)NCCc1cccc(Cl)c1. The van der Waals surface area contributed by atoms with E-state index < -0.39 is 0 Å². The number of aromatic amines is 1. The van der Waals surface area contributed by atoms with Crippen LogP contribution in [0.15, 0.2) is 41.2 Å². The molecule has 1 heterocycles. The van der Waals surface area contributed by atoms with Gasteiger partial charge in [0.15, 0.2) is 0 Å². The number of rotatable bonds is 13. The second-order valence-corrected chi connectivity index (χ2v) is 9.99. The Labute approximate surface area is 209 Å². The summed E-state index contributed by atoms with van der Waals surface area (Å²) >= 11 is 7.13. The van der Waals surface area contributed by atoms with Crippen LogP contribution in [0.4, 0.5) is 0 Å². The van der Waals surface area contributed by atoms with Crippen molar-refractivity contribution >= 4 is 39.1 Å². The van der Waals surface area contributed by atoms with Crippen molar-refractivity contribution in [3.63, 3.8) is 0 Å². The summed E-state index contributed by atoms with van der Waals surface area (Å²) in [6, 6.07) is 11.5. The molecule has 184 valence electrons. The van der Waals surface area contributed by atoms with E-state index in [1.54, 1.807) is 6.07 Å². The number of hydrogen-bond donors (Lipinski definition) is 4. The van der Waals surface area contributed by atoms with Crippen molar-refractivity contribution in [2.45, 2.75) is 39.2 Å². The van der Waals surface area contributed by atoms with Gasteiger partial charge < -0.3 is 20.7 Å². The van der Waals surface area contributed by atoms with Crippen molar-refractivity contribution in [2.75, 3.05) is 32.7 Å². The van der Waals surface area contributed by atoms with Gasteiger partial charge in [-0.05, 0) is 62.6 Å². The maximum Gasteiger partial charge on any atom is 0.305 e. The van der Waals surface area contributed by atoms with Gasteiger partial charge in [0.2, 0.25) is 5.91 Å². The Hall–Kier alpha value is -2.39. The molecule has 7 nitrogen and oxygen atoms in total. The van der Waals surface area contributed by atoms with Crippen molar-refractivity contribution < 1.29 is 9.90 Å². The molecule has 34 heavy (non-hydrogen) atoms. The Morgan fingerprint density at radius 3 is 2.74 bits per heavy atom. The zero-order valence-corrected chi connectivity index (χ0v) is 21.3. The van der Waals surface area contributed by atoms with Gasteiger partial charge in [-0.1, -0.05) is 41.1 Å². The summed E-state index contributed by atoms with van der Waals surface area (Å²) in [5.41, 5.74) is 2.67. The van der Waals surface area contributed by atoms with E-state index >= 15 is 0 Å². The summed E-state index contributed by atoms with van der Waals surface area (Å²) < 4.78 is 0.817. The molecule has 0 aliphatic carbocycles. The van der Waals surface area contributed by atoms with Crippen molar-refractivity contribution in [3.8, 4) is 5.75 Å². The number of H-pyrrole nitrogens is 1. The summed E-state index contributed by atoms with van der Waals surface area (Å²) in [7, 11) is 0. The number of carbonyl (C=O) groups is 1. The lowest BCUT2D eigenvalue weighted by Gasteiger charge is -2.26. The minimum Gasteiger partial charge on any atom is -0.506 e. The highest BCUT2D eigenvalue weighted by Crippen LogP contribution is 2.27. The Kier molecular flexibility index (Phi) is 9.95. The summed E-state index contributed by atoms with van der Waals surface area (Å²) in [6.45, 7) is 7.99. The molecule has 0 fully saturated rings. The first kappa shape index (κ1) is 26.2. The Balaban J connectivity index is 1.35. The maximum absolute atomic E-state index is 12.3. The second kappa shape index (κ2) is 12.9. The summed E-state index contributed by atoms with van der Waals surface area (Å²) in [4.78, 5) is 28.7. The summed E-state index contributed by atoms with van der Waals surface area (Å²) in [6.07, 6.45) is 1.99. The quantitative estimate of drug-likeness (QED) is 0.267. The molecular weight excluding hydrogens is 472 g/mol. The number of phenolic OH excluding ortho intramolecular Hbond substituents is 1. The van der Waals surface area contributed by atoms with Crippen molar-refractivity contribution in [3.05, 3.63) is 62.2 Å². The number of aromatic nitrogens is 1. The van der Waals surface area contributed by atoms with Crippen LogP contribution in [0.3, 0.4) is 0 Å². The van der Waals surface area contributed by atoms with Gasteiger partial charge in [0.05, 0.1) is 4.70 Å². The zero-order chi connectivity index (χ0) is 24.5. The van der Waals surface area contributed by atoms with Crippen LogP contribution in [0.1, 0.15) is 31.4 Å². The number of aromatic hydroxyl groups is 1. The fourth-order valence-corrected chi connectivity index (χ4v) is 4.95. The fraction of sp³-hybridized carbons (Fsp3) is 0.440. The topological polar surface area (TPSA) is 97.5 Å². The van der Waals surface area contributed by atoms with E-state index in [4.69, 9.17) is 11.6 Å². The van der Waals surface area contributed by atoms with Gasteiger partial charge in [-0.3, -0.25) is 14.5 Å². The standard InChI is InChI=1S/C25H33ClN4O3S/c1-17(2)30(14-10-22(32)28-12-8-18-4-3-5-20(26)16-18)15-13-27-11-9-19-6-7-21(31)23-24(19)34-25(33)29-23/h3-7,16-17,27,31H,8-15H2,1-2H3,(H,28,32)(H,29,33). The van der Waals surface area contributed by atoms with Gasteiger partial charge in [-0.15, -0.1) is 0 Å². The van der Waals surface area contributed by atoms with Gasteiger partial charge in [0.1, 0.15) is 11.3 Å². The molecule has 4 N–H and O–H groups in total. The predicted molar refractivity (Wildman–Crippen MR) is 140 cm³/mol. The van der Waals surface area contributed by atoms with E-state index in [9.17, 15) is 14.7 Å². The number of hydrogen-bond acceptors (Lipinski definition) is 6. The number of phenols is 1. The number of nitrogens with zero attached hydrogens (tertiary/aromatic N) is 1. The van der Waals surface area contributed by atoms with Crippen molar-refractivity contribution in [2.24, 2.45) is 0 Å². The molecule has 0 aliphatic heterocycles. The summed E-state index contributed by atoms with van der Waals surface area (Å²) in [5, 5.41) is 17.1. The fourth-order valence-electron chi connectivity index (χ4n) is 3.84. The Morgan fingerprint density at radius 2 is 1.97 bits per heavy atom. The molecule has 0 aliphatic rings. The first-order chi connectivity index (χ1) is 16.3. The van der Waals surface area contributed by atoms with E-state index in [2.05, 4.69) is 34.4 Å². The first-order valence-corrected chi connectivity index (χ1v) is 12.8. The molecule has 2 aromatic carbocycles. The molecule has 9 heteroatoms. The third-order valence-corrected chi connectivity index (χ3v) is 6.96. The molecule has 0 saturated carbocycles. The number of halogens is 1. The van der Waals surface area contributed by atoms with Crippen LogP contribution in [0.25, 0.3) is 10.2 Å². The van der Waals surface area contributed by atoms with Crippen LogP contribution in [0, 0.1) is 0 Å². The smallest absolute Gasteiger partial charge is 0.305 e. The van der Waals surface area contributed by atoms with Crippen LogP contribution in [0.2, 0.25) is 5.02 Å². The van der Waals surface area contributed by atoms with E-state index in [1.165, 1.54) is 0 Å². The van der Waals surface area contributed by atoms with Crippen LogP contribution in [-0.2, 0) is 17.6 Å². The number of fused-ring (bicyclic) bond motifs is 1. The monoisotopic (exact) mass is 504 g/mol. The van der Waals surface area contributed by atoms with Gasteiger partial charge >= 0.3 is 4.87 Å². The van der Waals surface area contributed by atoms with Crippen LogP contribution < -0.4 is 15.5 Å². The number of thiazole rings is 1. The van der Waals surface area contributed by atoms with E-state index in [-0.39, 0.29) is 16.5 Å². The lowest BCUT2D eigenvalue weighted by molar-refractivity contribution is -0.121. The molecule has 0 saturated heterocycles. The molecule has 0 bridgehead atoms. The molecule has 3 rings (SSSR count). The summed E-state index contributed by atoms with van der Waals surface area (Å²) in [5.74, 6) is 0.161. The zero-order valence-electron chi connectivity index (χ0n) is 19.7. The van der Waals surface area contributed by atoms with Crippen LogP contribution in [-0.4, -0.2) is 59.7 Å². The first-order valence-electron chi connectivity index (χ1n) is 11.6. The van der Waals surface area contributed by atoms with Crippen molar-refractivity contribution in [1.29, 1.82) is 0 Å². The largest absolute Gasteiger partial charge is 0.506 e. The maximum atomic E-state index is 12.3. The highest BCUT2D eigenvalue weighted by atomic mass is 35.5. The molecule has 1 aromatic heterocycles. The van der Waals surface area contributed by atoms with Crippen LogP contribution >= 0.6 is 22.9 Å². The van der Waals surface area contributed by atoms with E-state index in [0.717, 1.165) is 59.6 Å². The average molecular weight is 505 g/mol. The van der Waals surface area contributed by atoms with E-state index in [1.807, 2.05) is 30.3 Å². The third-order valence-electron chi connectivity index (χ3n) is 5.77. The number of amides is 1. The highest BCUT2D eigenvalue weighted by molar-refractivity contribution is 7.16. The Bertz CT molecular complexity index is 1140. The molecular formula is C25H33ClN4O3S. The van der Waals surface area contributed by atoms with Gasteiger partial charge in [-0.2, -0.15) is 0 Å². The number of benzene rings is 2. The molecule has 3 aromatic rings. The minimum absolute atomic E-state index is 0.0579. The molecule has 0 spiro atoms. The predicted octanol–water partition coefficient (Wildman–Crippen LogP) is 3.54. The van der Waals surface area contributed by atoms with E-state index in [0.29, 0.717) is 36.1 Å². The molecule has 0 atom stereocenters. The van der Waals surface area contributed by atoms with Gasteiger partial charge in [0.25, 0.3) is 0 Å². The lowest BCUT2D eigenvalue weighted by Crippen LogP contribution is -2.40. The van der Waals surface area contributed by atoms with Crippen molar-refractivity contribution in [1.82, 2.24) is 20.5 Å². The lowest BCUT2D eigenvalue weighted by atomic mass is 10.1. The number of carbonyl (C=O) groups excluding carboxylic acids is 1. The normalized spacial score (nSPS) is 11.6. The average Bonchev–Trinajstić information content (AvgIpc) is 3.19. The third kappa shape index (κ3) is 7.84. The molecule has 0 radical (unpaired) electrons. The van der Waals surface area contributed by atoms with Crippen LogP contribution in [0.5, 0.6) is 5.75 Å². The van der Waals surface area contributed by atoms with Gasteiger partial charge in [-0.25, -0.2) is 0 Å².